The molecule has 0 spiro atoms. The van der Waals surface area contributed by atoms with Crippen LogP contribution in [-0.2, 0) is 20.8 Å². The Labute approximate surface area is 202 Å². The Kier molecular flexibility index (Phi) is 10.1. The molecular formula is C23H28N2O10. The van der Waals surface area contributed by atoms with Crippen molar-refractivity contribution in [2.24, 2.45) is 0 Å². The molecule has 0 atom stereocenters. The van der Waals surface area contributed by atoms with Gasteiger partial charge in [-0.05, 0) is 17.7 Å². The number of nitro groups is 1. The molecule has 0 heterocycles. The van der Waals surface area contributed by atoms with Crippen LogP contribution in [0.25, 0.3) is 0 Å². The third kappa shape index (κ3) is 7.21. The maximum Gasteiger partial charge on any atom is 0.325 e. The van der Waals surface area contributed by atoms with Crippen molar-refractivity contribution in [2.75, 3.05) is 55.3 Å². The van der Waals surface area contributed by atoms with Gasteiger partial charge >= 0.3 is 5.97 Å². The number of carbonyl (C=O) groups excluding carboxylic acids is 2. The van der Waals surface area contributed by atoms with Crippen molar-refractivity contribution in [2.45, 2.75) is 6.54 Å². The first-order valence-corrected chi connectivity index (χ1v) is 10.3. The Balaban J connectivity index is 2.52. The van der Waals surface area contributed by atoms with E-state index in [1.807, 2.05) is 0 Å². The first-order chi connectivity index (χ1) is 16.8. The Hall–Kier alpha value is -4.06. The Morgan fingerprint density at radius 2 is 1.54 bits per heavy atom. The molecule has 0 saturated heterocycles. The van der Waals surface area contributed by atoms with E-state index >= 15 is 0 Å². The molecule has 0 saturated carbocycles. The molecule has 0 aliphatic rings. The van der Waals surface area contributed by atoms with Gasteiger partial charge in [-0.25, -0.2) is 0 Å². The molecule has 0 aliphatic carbocycles. The van der Waals surface area contributed by atoms with Crippen molar-refractivity contribution < 1.29 is 42.9 Å². The molecule has 0 fully saturated rings. The lowest BCUT2D eigenvalue weighted by Gasteiger charge is -2.23. The van der Waals surface area contributed by atoms with Crippen LogP contribution >= 0.6 is 0 Å². The quantitative estimate of drug-likeness (QED) is 0.177. The van der Waals surface area contributed by atoms with Gasteiger partial charge in [0.05, 0.1) is 46.0 Å². The molecule has 35 heavy (non-hydrogen) atoms. The highest BCUT2D eigenvalue weighted by atomic mass is 16.6. The van der Waals surface area contributed by atoms with Crippen LogP contribution in [0.3, 0.4) is 0 Å². The zero-order valence-electron chi connectivity index (χ0n) is 20.2. The molecule has 12 nitrogen and oxygen atoms in total. The van der Waals surface area contributed by atoms with Crippen LogP contribution in [0.2, 0.25) is 0 Å². The number of nitro benzene ring substituents is 1. The normalized spacial score (nSPS) is 10.3. The van der Waals surface area contributed by atoms with E-state index in [2.05, 4.69) is 0 Å². The maximum absolute atomic E-state index is 13.5. The molecule has 0 bridgehead atoms. The number of nitrogens with zero attached hydrogens (tertiary/aromatic N) is 2. The highest BCUT2D eigenvalue weighted by Crippen LogP contribution is 2.36. The van der Waals surface area contributed by atoms with Crippen LogP contribution in [0.4, 0.5) is 5.69 Å². The van der Waals surface area contributed by atoms with Gasteiger partial charge in [-0.2, -0.15) is 0 Å². The van der Waals surface area contributed by atoms with Crippen LogP contribution < -0.4 is 18.9 Å². The first-order valence-electron chi connectivity index (χ1n) is 10.3. The first kappa shape index (κ1) is 27.2. The number of ether oxygens (including phenoxy) is 6. The van der Waals surface area contributed by atoms with Crippen LogP contribution in [0.1, 0.15) is 15.9 Å². The molecule has 1 amide bonds. The minimum absolute atomic E-state index is 0.0739. The van der Waals surface area contributed by atoms with Gasteiger partial charge in [0.1, 0.15) is 30.2 Å². The molecule has 190 valence electrons. The highest BCUT2D eigenvalue weighted by Gasteiger charge is 2.29. The summed E-state index contributed by atoms with van der Waals surface area (Å²) in [7, 11) is 6.95. The largest absolute Gasteiger partial charge is 0.497 e. The van der Waals surface area contributed by atoms with Gasteiger partial charge in [-0.15, -0.1) is 0 Å². The van der Waals surface area contributed by atoms with E-state index in [1.54, 1.807) is 18.2 Å². The lowest BCUT2D eigenvalue weighted by Crippen LogP contribution is -2.36. The predicted octanol–water partition coefficient (Wildman–Crippen LogP) is 2.46. The van der Waals surface area contributed by atoms with E-state index in [4.69, 9.17) is 28.4 Å². The fourth-order valence-electron chi connectivity index (χ4n) is 3.15. The fourth-order valence-corrected chi connectivity index (χ4v) is 3.15. The maximum atomic E-state index is 13.5. The lowest BCUT2D eigenvalue weighted by molar-refractivity contribution is -0.385. The highest BCUT2D eigenvalue weighted by molar-refractivity contribution is 6.00. The summed E-state index contributed by atoms with van der Waals surface area (Å²) in [6.07, 6.45) is 0. The topological polar surface area (TPSA) is 136 Å². The summed E-state index contributed by atoms with van der Waals surface area (Å²) >= 11 is 0. The number of rotatable bonds is 13. The number of hydrogen-bond acceptors (Lipinski definition) is 10. The molecule has 0 aromatic heterocycles. The lowest BCUT2D eigenvalue weighted by atomic mass is 10.1. The summed E-state index contributed by atoms with van der Waals surface area (Å²) < 4.78 is 30.9. The molecule has 12 heteroatoms. The molecular weight excluding hydrogens is 464 g/mol. The number of carbonyl (C=O) groups is 2. The van der Waals surface area contributed by atoms with Gasteiger partial charge in [0.2, 0.25) is 0 Å². The van der Waals surface area contributed by atoms with E-state index in [0.29, 0.717) is 17.1 Å². The average Bonchev–Trinajstić information content (AvgIpc) is 2.87. The van der Waals surface area contributed by atoms with Gasteiger partial charge in [0.15, 0.2) is 11.5 Å². The second kappa shape index (κ2) is 13.0. The number of hydrogen-bond donors (Lipinski definition) is 0. The summed E-state index contributed by atoms with van der Waals surface area (Å²) in [4.78, 5) is 37.8. The van der Waals surface area contributed by atoms with Crippen molar-refractivity contribution >= 4 is 17.6 Å². The zero-order chi connectivity index (χ0) is 26.0. The number of amides is 1. The van der Waals surface area contributed by atoms with E-state index < -0.39 is 29.0 Å². The molecule has 2 aromatic rings. The third-order valence-corrected chi connectivity index (χ3v) is 4.87. The second-order valence-corrected chi connectivity index (χ2v) is 7.08. The van der Waals surface area contributed by atoms with Gasteiger partial charge in [-0.1, -0.05) is 0 Å². The molecule has 0 N–H and O–H groups in total. The Bertz CT molecular complexity index is 1030. The molecule has 0 unspecified atom stereocenters. The molecule has 0 aliphatic heterocycles. The van der Waals surface area contributed by atoms with Crippen LogP contribution in [-0.4, -0.2) is 77.0 Å². The second-order valence-electron chi connectivity index (χ2n) is 7.08. The molecule has 0 radical (unpaired) electrons. The fraction of sp³-hybridized carbons (Fsp3) is 0.391. The van der Waals surface area contributed by atoms with Gasteiger partial charge in [-0.3, -0.25) is 19.7 Å². The summed E-state index contributed by atoms with van der Waals surface area (Å²) in [5.74, 6) is -0.376. The van der Waals surface area contributed by atoms with Crippen LogP contribution in [0, 0.1) is 10.1 Å². The van der Waals surface area contributed by atoms with E-state index in [-0.39, 0.29) is 36.8 Å². The van der Waals surface area contributed by atoms with Gasteiger partial charge < -0.3 is 33.3 Å². The van der Waals surface area contributed by atoms with Crippen LogP contribution in [0.15, 0.2) is 30.3 Å². The third-order valence-electron chi connectivity index (χ3n) is 4.87. The minimum Gasteiger partial charge on any atom is -0.497 e. The van der Waals surface area contributed by atoms with Crippen molar-refractivity contribution in [1.29, 1.82) is 0 Å². The van der Waals surface area contributed by atoms with E-state index in [9.17, 15) is 19.7 Å². The smallest absolute Gasteiger partial charge is 0.325 e. The minimum atomic E-state index is -0.786. The summed E-state index contributed by atoms with van der Waals surface area (Å²) in [5.41, 5.74) is -0.237. The summed E-state index contributed by atoms with van der Waals surface area (Å²) in [6, 6.07) is 7.27. The van der Waals surface area contributed by atoms with Crippen molar-refractivity contribution in [3.05, 3.63) is 51.6 Å². The standard InChI is InChI=1S/C23H28N2O10/c1-30-6-7-35-21-12-19(25(28)29)18(11-20(21)33-4)23(27)24(14-22(26)34-5)13-15-8-16(31-2)10-17(9-15)32-3/h8-12H,6-7,13-14H2,1-5H3. The molecule has 2 aromatic carbocycles. The SMILES string of the molecule is COCCOc1cc([N+](=O)[O-])c(C(=O)N(CC(=O)OC)Cc2cc(OC)cc(OC)c2)cc1OC. The number of esters is 1. The van der Waals surface area contributed by atoms with Crippen molar-refractivity contribution in [3.8, 4) is 23.0 Å². The van der Waals surface area contributed by atoms with E-state index in [1.165, 1.54) is 41.6 Å². The average molecular weight is 492 g/mol. The predicted molar refractivity (Wildman–Crippen MR) is 123 cm³/mol. The zero-order valence-corrected chi connectivity index (χ0v) is 20.2. The number of benzene rings is 2. The van der Waals surface area contributed by atoms with Crippen molar-refractivity contribution in [1.82, 2.24) is 4.90 Å². The Morgan fingerprint density at radius 1 is 0.886 bits per heavy atom. The Morgan fingerprint density at radius 3 is 2.06 bits per heavy atom. The summed E-state index contributed by atoms with van der Waals surface area (Å²) in [5, 5.41) is 11.8. The number of methoxy groups -OCH3 is 5. The molecule has 2 rings (SSSR count). The summed E-state index contributed by atoms with van der Waals surface area (Å²) in [6.45, 7) is -0.189. The van der Waals surface area contributed by atoms with Crippen molar-refractivity contribution in [3.63, 3.8) is 0 Å². The van der Waals surface area contributed by atoms with Crippen LogP contribution in [0.5, 0.6) is 23.0 Å². The van der Waals surface area contributed by atoms with Gasteiger partial charge in [0.25, 0.3) is 11.6 Å². The van der Waals surface area contributed by atoms with Gasteiger partial charge in [0, 0.05) is 25.8 Å². The van der Waals surface area contributed by atoms with E-state index in [0.717, 1.165) is 11.0 Å². The monoisotopic (exact) mass is 492 g/mol.